The molecule has 2 heterocycles. The first kappa shape index (κ1) is 14.3. The van der Waals surface area contributed by atoms with Crippen LogP contribution in [-0.2, 0) is 0 Å². The summed E-state index contributed by atoms with van der Waals surface area (Å²) in [7, 11) is 2.26. The summed E-state index contributed by atoms with van der Waals surface area (Å²) in [5.41, 5.74) is 0.586. The molecule has 0 aromatic heterocycles. The van der Waals surface area contributed by atoms with Gasteiger partial charge in [0.25, 0.3) is 0 Å². The third-order valence-electron chi connectivity index (χ3n) is 5.14. The Morgan fingerprint density at radius 1 is 1.22 bits per heavy atom. The van der Waals surface area contributed by atoms with Gasteiger partial charge in [-0.1, -0.05) is 6.92 Å². The van der Waals surface area contributed by atoms with Crippen molar-refractivity contribution in [3.05, 3.63) is 0 Å². The summed E-state index contributed by atoms with van der Waals surface area (Å²) in [6.45, 7) is 12.3. The Morgan fingerprint density at radius 3 is 2.61 bits per heavy atom. The van der Waals surface area contributed by atoms with E-state index in [-0.39, 0.29) is 0 Å². The lowest BCUT2D eigenvalue weighted by Gasteiger charge is -2.42. The predicted octanol–water partition coefficient (Wildman–Crippen LogP) is 1.79. The molecule has 0 radical (unpaired) electrons. The number of nitrogens with zero attached hydrogens (tertiary/aromatic N) is 2. The van der Waals surface area contributed by atoms with Crippen molar-refractivity contribution in [3.63, 3.8) is 0 Å². The maximum atomic E-state index is 3.51. The van der Waals surface area contributed by atoms with Crippen molar-refractivity contribution in [3.8, 4) is 0 Å². The Labute approximate surface area is 113 Å². The minimum atomic E-state index is 0.586. The van der Waals surface area contributed by atoms with E-state index in [1.807, 2.05) is 0 Å². The number of hydrogen-bond acceptors (Lipinski definition) is 3. The van der Waals surface area contributed by atoms with Gasteiger partial charge in [0.2, 0.25) is 0 Å². The summed E-state index contributed by atoms with van der Waals surface area (Å²) >= 11 is 0. The predicted molar refractivity (Wildman–Crippen MR) is 78.0 cm³/mol. The first-order valence-corrected chi connectivity index (χ1v) is 7.78. The van der Waals surface area contributed by atoms with E-state index in [4.69, 9.17) is 0 Å². The van der Waals surface area contributed by atoms with Gasteiger partial charge in [0.1, 0.15) is 0 Å². The van der Waals surface area contributed by atoms with Crippen molar-refractivity contribution in [2.24, 2.45) is 5.41 Å². The van der Waals surface area contributed by atoms with E-state index in [9.17, 15) is 0 Å². The number of hydrogen-bond donors (Lipinski definition) is 1. The van der Waals surface area contributed by atoms with Gasteiger partial charge in [-0.25, -0.2) is 0 Å². The largest absolute Gasteiger partial charge is 0.317 e. The highest BCUT2D eigenvalue weighted by Gasteiger charge is 2.34. The monoisotopic (exact) mass is 253 g/mol. The van der Waals surface area contributed by atoms with Gasteiger partial charge in [-0.2, -0.15) is 0 Å². The Kier molecular flexibility index (Phi) is 5.05. The van der Waals surface area contributed by atoms with Crippen LogP contribution in [0.1, 0.15) is 39.5 Å². The van der Waals surface area contributed by atoms with Gasteiger partial charge in [-0.15, -0.1) is 0 Å². The summed E-state index contributed by atoms with van der Waals surface area (Å²) < 4.78 is 0. The molecule has 0 bridgehead atoms. The van der Waals surface area contributed by atoms with Gasteiger partial charge in [0, 0.05) is 19.1 Å². The lowest BCUT2D eigenvalue weighted by Crippen LogP contribution is -2.48. The molecule has 1 atom stereocenters. The molecule has 2 aliphatic heterocycles. The molecule has 0 spiro atoms. The van der Waals surface area contributed by atoms with Gasteiger partial charge in [-0.3, -0.25) is 4.90 Å². The van der Waals surface area contributed by atoms with Crippen LogP contribution >= 0.6 is 0 Å². The minimum absolute atomic E-state index is 0.586. The zero-order chi connectivity index (χ0) is 13.0. The van der Waals surface area contributed by atoms with Crippen LogP contribution in [0.4, 0.5) is 0 Å². The molecule has 3 heteroatoms. The first-order chi connectivity index (χ1) is 8.65. The fourth-order valence-electron chi connectivity index (χ4n) is 3.67. The van der Waals surface area contributed by atoms with E-state index in [1.165, 1.54) is 65.0 Å². The molecular formula is C15H31N3. The van der Waals surface area contributed by atoms with Gasteiger partial charge >= 0.3 is 0 Å². The molecular weight excluding hydrogens is 222 g/mol. The van der Waals surface area contributed by atoms with E-state index in [1.54, 1.807) is 0 Å². The molecule has 0 aromatic rings. The van der Waals surface area contributed by atoms with Crippen LogP contribution in [0.5, 0.6) is 0 Å². The average molecular weight is 253 g/mol. The second-order valence-corrected chi connectivity index (χ2v) is 6.54. The fourth-order valence-corrected chi connectivity index (χ4v) is 3.67. The van der Waals surface area contributed by atoms with E-state index < -0.39 is 0 Å². The summed E-state index contributed by atoms with van der Waals surface area (Å²) in [4.78, 5) is 5.25. The van der Waals surface area contributed by atoms with Crippen molar-refractivity contribution in [1.29, 1.82) is 0 Å². The van der Waals surface area contributed by atoms with Crippen LogP contribution in [0, 0.1) is 5.41 Å². The van der Waals surface area contributed by atoms with E-state index >= 15 is 0 Å². The van der Waals surface area contributed by atoms with Crippen LogP contribution in [0.25, 0.3) is 0 Å². The van der Waals surface area contributed by atoms with Gasteiger partial charge < -0.3 is 10.2 Å². The summed E-state index contributed by atoms with van der Waals surface area (Å²) in [6, 6.07) is 0.718. The van der Waals surface area contributed by atoms with E-state index in [2.05, 4.69) is 36.0 Å². The molecule has 106 valence electrons. The van der Waals surface area contributed by atoms with Gasteiger partial charge in [0.15, 0.2) is 0 Å². The second kappa shape index (κ2) is 6.36. The highest BCUT2D eigenvalue weighted by Crippen LogP contribution is 2.34. The highest BCUT2D eigenvalue weighted by molar-refractivity contribution is 4.89. The van der Waals surface area contributed by atoms with Crippen molar-refractivity contribution < 1.29 is 0 Å². The van der Waals surface area contributed by atoms with Crippen LogP contribution < -0.4 is 5.32 Å². The molecule has 18 heavy (non-hydrogen) atoms. The van der Waals surface area contributed by atoms with E-state index in [0.717, 1.165) is 6.04 Å². The quantitative estimate of drug-likeness (QED) is 0.827. The summed E-state index contributed by atoms with van der Waals surface area (Å²) in [6.07, 6.45) is 5.40. The maximum Gasteiger partial charge on any atom is 0.0195 e. The molecule has 0 saturated carbocycles. The highest BCUT2D eigenvalue weighted by atomic mass is 15.2. The topological polar surface area (TPSA) is 18.5 Å². The molecule has 2 rings (SSSR count). The van der Waals surface area contributed by atoms with Crippen LogP contribution in [-0.4, -0.2) is 62.2 Å². The van der Waals surface area contributed by atoms with E-state index in [0.29, 0.717) is 5.41 Å². The Balaban J connectivity index is 1.97. The summed E-state index contributed by atoms with van der Waals surface area (Å²) in [5, 5.41) is 3.51. The number of rotatable bonds is 3. The molecule has 0 aromatic carbocycles. The summed E-state index contributed by atoms with van der Waals surface area (Å²) in [5.74, 6) is 0. The fraction of sp³-hybridized carbons (Fsp3) is 1.00. The smallest absolute Gasteiger partial charge is 0.0195 e. The van der Waals surface area contributed by atoms with Crippen molar-refractivity contribution in [1.82, 2.24) is 15.1 Å². The molecule has 0 aliphatic carbocycles. The zero-order valence-electron chi connectivity index (χ0n) is 12.5. The number of nitrogens with one attached hydrogen (secondary N) is 1. The van der Waals surface area contributed by atoms with Crippen molar-refractivity contribution in [2.75, 3.05) is 46.3 Å². The van der Waals surface area contributed by atoms with Crippen molar-refractivity contribution >= 4 is 0 Å². The SMILES string of the molecule is CCC1(CN2CCCN(C)CC2C)CCNCC1. The third-order valence-corrected chi connectivity index (χ3v) is 5.14. The molecule has 1 N–H and O–H groups in total. The lowest BCUT2D eigenvalue weighted by atomic mass is 9.76. The second-order valence-electron chi connectivity index (χ2n) is 6.54. The molecule has 2 fully saturated rings. The van der Waals surface area contributed by atoms with Crippen LogP contribution in [0.15, 0.2) is 0 Å². The Hall–Kier alpha value is -0.120. The van der Waals surface area contributed by atoms with Crippen LogP contribution in [0.3, 0.4) is 0 Å². The third kappa shape index (κ3) is 3.46. The zero-order valence-corrected chi connectivity index (χ0v) is 12.5. The lowest BCUT2D eigenvalue weighted by molar-refractivity contribution is 0.0831. The molecule has 3 nitrogen and oxygen atoms in total. The van der Waals surface area contributed by atoms with Crippen molar-refractivity contribution in [2.45, 2.75) is 45.6 Å². The molecule has 1 unspecified atom stereocenters. The average Bonchev–Trinajstić information content (AvgIpc) is 2.52. The minimum Gasteiger partial charge on any atom is -0.317 e. The maximum absolute atomic E-state index is 3.51. The van der Waals surface area contributed by atoms with Gasteiger partial charge in [0.05, 0.1) is 0 Å². The molecule has 0 amide bonds. The molecule has 2 saturated heterocycles. The molecule has 2 aliphatic rings. The number of piperidine rings is 1. The standard InChI is InChI=1S/C15H31N3/c1-4-15(6-8-16-9-7-15)13-18-11-5-10-17(3)12-14(18)2/h14,16H,4-13H2,1-3H3. The first-order valence-electron chi connectivity index (χ1n) is 7.78. The Morgan fingerprint density at radius 2 is 1.94 bits per heavy atom. The van der Waals surface area contributed by atoms with Crippen LogP contribution in [0.2, 0.25) is 0 Å². The normalized spacial score (nSPS) is 31.2. The number of likely N-dealkylation sites (N-methyl/N-ethyl adjacent to an activating group) is 1. The Bertz CT molecular complexity index is 248. The van der Waals surface area contributed by atoms with Gasteiger partial charge in [-0.05, 0) is 71.2 Å².